The number of likely N-dealkylation sites (N-methyl/N-ethyl adjacent to an activating group) is 1. The Morgan fingerprint density at radius 2 is 2.05 bits per heavy atom. The van der Waals surface area contributed by atoms with E-state index in [4.69, 9.17) is 0 Å². The standard InChI is InChI=1S/C17H16N2OS/c1-3-19-14-9-8-11(2)10-12(14)17(16(19)20)18-13-6-4-5-7-15(13)21-17/h4-10,18H,3H2,1-2H3. The lowest BCUT2D eigenvalue weighted by Crippen LogP contribution is -2.41. The van der Waals surface area contributed by atoms with Crippen LogP contribution in [0.2, 0.25) is 0 Å². The Morgan fingerprint density at radius 3 is 2.81 bits per heavy atom. The highest BCUT2D eigenvalue weighted by Crippen LogP contribution is 2.57. The number of rotatable bonds is 1. The fourth-order valence-electron chi connectivity index (χ4n) is 3.15. The van der Waals surface area contributed by atoms with Crippen LogP contribution in [-0.2, 0) is 9.67 Å². The molecule has 0 radical (unpaired) electrons. The molecule has 0 bridgehead atoms. The van der Waals surface area contributed by atoms with Crippen LogP contribution in [0.4, 0.5) is 11.4 Å². The van der Waals surface area contributed by atoms with Gasteiger partial charge in [0.25, 0.3) is 5.91 Å². The number of amides is 1. The van der Waals surface area contributed by atoms with E-state index in [0.717, 1.165) is 21.8 Å². The van der Waals surface area contributed by atoms with Crippen molar-refractivity contribution in [1.82, 2.24) is 0 Å². The van der Waals surface area contributed by atoms with E-state index in [0.29, 0.717) is 6.54 Å². The topological polar surface area (TPSA) is 32.3 Å². The molecule has 2 aromatic rings. The molecule has 2 aliphatic heterocycles. The van der Waals surface area contributed by atoms with Crippen LogP contribution >= 0.6 is 11.8 Å². The van der Waals surface area contributed by atoms with Crippen molar-refractivity contribution in [1.29, 1.82) is 0 Å². The molecule has 0 saturated carbocycles. The van der Waals surface area contributed by atoms with Gasteiger partial charge in [0.15, 0.2) is 4.87 Å². The van der Waals surface area contributed by atoms with E-state index in [9.17, 15) is 4.79 Å². The average molecular weight is 296 g/mol. The lowest BCUT2D eigenvalue weighted by molar-refractivity contribution is -0.119. The number of fused-ring (bicyclic) bond motifs is 3. The van der Waals surface area contributed by atoms with Crippen LogP contribution in [0.3, 0.4) is 0 Å². The molecule has 1 amide bonds. The normalized spacial score (nSPS) is 22.4. The molecule has 0 aliphatic carbocycles. The molecule has 2 aliphatic rings. The lowest BCUT2D eigenvalue weighted by atomic mass is 10.0. The molecule has 0 saturated heterocycles. The SMILES string of the molecule is CCN1C(=O)C2(Nc3ccccc3S2)c2cc(C)ccc21. The van der Waals surface area contributed by atoms with E-state index in [1.807, 2.05) is 30.0 Å². The van der Waals surface area contributed by atoms with Gasteiger partial charge in [-0.3, -0.25) is 4.79 Å². The summed E-state index contributed by atoms with van der Waals surface area (Å²) in [5.41, 5.74) is 4.33. The fourth-order valence-corrected chi connectivity index (χ4v) is 4.49. The molecule has 0 fully saturated rings. The van der Waals surface area contributed by atoms with E-state index in [-0.39, 0.29) is 5.91 Å². The zero-order valence-electron chi connectivity index (χ0n) is 12.0. The molecular weight excluding hydrogens is 280 g/mol. The summed E-state index contributed by atoms with van der Waals surface area (Å²) in [6, 6.07) is 14.4. The molecule has 2 heterocycles. The number of nitrogens with one attached hydrogen (secondary N) is 1. The van der Waals surface area contributed by atoms with Crippen LogP contribution in [0.15, 0.2) is 47.4 Å². The van der Waals surface area contributed by atoms with Crippen LogP contribution in [0, 0.1) is 6.92 Å². The van der Waals surface area contributed by atoms with Gasteiger partial charge in [-0.2, -0.15) is 0 Å². The number of hydrogen-bond acceptors (Lipinski definition) is 3. The monoisotopic (exact) mass is 296 g/mol. The van der Waals surface area contributed by atoms with Crippen molar-refractivity contribution in [3.05, 3.63) is 53.6 Å². The van der Waals surface area contributed by atoms with Crippen molar-refractivity contribution < 1.29 is 4.79 Å². The molecule has 106 valence electrons. The second kappa shape index (κ2) is 4.28. The molecule has 0 aromatic heterocycles. The highest BCUT2D eigenvalue weighted by atomic mass is 32.2. The molecule has 4 rings (SSSR count). The van der Waals surface area contributed by atoms with Gasteiger partial charge in [-0.05, 0) is 32.0 Å². The molecular formula is C17H16N2OS. The molecule has 3 nitrogen and oxygen atoms in total. The molecule has 1 N–H and O–H groups in total. The van der Waals surface area contributed by atoms with E-state index in [1.165, 1.54) is 5.56 Å². The zero-order valence-corrected chi connectivity index (χ0v) is 12.8. The zero-order chi connectivity index (χ0) is 14.6. The summed E-state index contributed by atoms with van der Waals surface area (Å²) in [6.07, 6.45) is 0. The van der Waals surface area contributed by atoms with E-state index >= 15 is 0 Å². The van der Waals surface area contributed by atoms with Crippen molar-refractivity contribution >= 4 is 29.0 Å². The van der Waals surface area contributed by atoms with Crippen LogP contribution in [0.5, 0.6) is 0 Å². The largest absolute Gasteiger partial charge is 0.358 e. The number of carbonyl (C=O) groups excluding carboxylic acids is 1. The first-order valence-corrected chi connectivity index (χ1v) is 7.96. The smallest absolute Gasteiger partial charge is 0.268 e. The molecule has 21 heavy (non-hydrogen) atoms. The van der Waals surface area contributed by atoms with Crippen molar-refractivity contribution in [3.63, 3.8) is 0 Å². The van der Waals surface area contributed by atoms with Gasteiger partial charge in [-0.25, -0.2) is 0 Å². The number of thioether (sulfide) groups is 1. The summed E-state index contributed by atoms with van der Waals surface area (Å²) in [5, 5.41) is 3.48. The molecule has 2 aromatic carbocycles. The van der Waals surface area contributed by atoms with E-state index in [2.05, 4.69) is 36.5 Å². The van der Waals surface area contributed by atoms with Crippen molar-refractivity contribution in [2.24, 2.45) is 0 Å². The van der Waals surface area contributed by atoms with Crippen LogP contribution in [-0.4, -0.2) is 12.5 Å². The molecule has 4 heteroatoms. The summed E-state index contributed by atoms with van der Waals surface area (Å²) in [6.45, 7) is 4.78. The minimum atomic E-state index is -0.693. The maximum Gasteiger partial charge on any atom is 0.268 e. The van der Waals surface area contributed by atoms with Gasteiger partial charge in [0.1, 0.15) is 0 Å². The first-order chi connectivity index (χ1) is 10.2. The summed E-state index contributed by atoms with van der Waals surface area (Å²) in [7, 11) is 0. The Kier molecular flexibility index (Phi) is 2.60. The highest BCUT2D eigenvalue weighted by Gasteiger charge is 2.54. The van der Waals surface area contributed by atoms with Crippen LogP contribution in [0.25, 0.3) is 0 Å². The van der Waals surface area contributed by atoms with E-state index < -0.39 is 4.87 Å². The van der Waals surface area contributed by atoms with Gasteiger partial charge < -0.3 is 10.2 Å². The van der Waals surface area contributed by atoms with Crippen molar-refractivity contribution in [3.8, 4) is 0 Å². The molecule has 1 unspecified atom stereocenters. The minimum Gasteiger partial charge on any atom is -0.358 e. The summed E-state index contributed by atoms with van der Waals surface area (Å²) in [4.78, 5) is 15.4. The predicted molar refractivity (Wildman–Crippen MR) is 86.8 cm³/mol. The third-order valence-electron chi connectivity index (χ3n) is 4.15. The molecule has 1 atom stereocenters. The maximum atomic E-state index is 13.0. The summed E-state index contributed by atoms with van der Waals surface area (Å²) < 4.78 is 0. The Balaban J connectivity index is 1.92. The van der Waals surface area contributed by atoms with Gasteiger partial charge in [0.05, 0.1) is 5.69 Å². The number of anilines is 2. The third-order valence-corrected chi connectivity index (χ3v) is 5.52. The number of carbonyl (C=O) groups is 1. The Hall–Kier alpha value is -1.94. The highest BCUT2D eigenvalue weighted by molar-refractivity contribution is 8.01. The van der Waals surface area contributed by atoms with Gasteiger partial charge >= 0.3 is 0 Å². The number of hydrogen-bond donors (Lipinski definition) is 1. The van der Waals surface area contributed by atoms with Gasteiger partial charge in [-0.1, -0.05) is 41.6 Å². The second-order valence-corrected chi connectivity index (χ2v) is 6.73. The van der Waals surface area contributed by atoms with Gasteiger partial charge in [0, 0.05) is 22.7 Å². The number of para-hydroxylation sites is 1. The van der Waals surface area contributed by atoms with Crippen LogP contribution < -0.4 is 10.2 Å². The second-order valence-electron chi connectivity index (χ2n) is 5.47. The van der Waals surface area contributed by atoms with Crippen molar-refractivity contribution in [2.75, 3.05) is 16.8 Å². The Labute approximate surface area is 128 Å². The minimum absolute atomic E-state index is 0.131. The quantitative estimate of drug-likeness (QED) is 0.870. The average Bonchev–Trinajstić information content (AvgIpc) is 2.98. The maximum absolute atomic E-state index is 13.0. The van der Waals surface area contributed by atoms with Crippen LogP contribution in [0.1, 0.15) is 18.1 Å². The van der Waals surface area contributed by atoms with E-state index in [1.54, 1.807) is 11.8 Å². The van der Waals surface area contributed by atoms with Gasteiger partial charge in [-0.15, -0.1) is 0 Å². The predicted octanol–water partition coefficient (Wildman–Crippen LogP) is 3.73. The molecule has 1 spiro atoms. The summed E-state index contributed by atoms with van der Waals surface area (Å²) >= 11 is 1.62. The summed E-state index contributed by atoms with van der Waals surface area (Å²) in [5.74, 6) is 0.131. The first-order valence-electron chi connectivity index (χ1n) is 7.15. The number of nitrogens with zero attached hydrogens (tertiary/aromatic N) is 1. The first kappa shape index (κ1) is 12.8. The Bertz CT molecular complexity index is 731. The number of aryl methyl sites for hydroxylation is 1. The lowest BCUT2D eigenvalue weighted by Gasteiger charge is -2.23. The third kappa shape index (κ3) is 1.59. The van der Waals surface area contributed by atoms with Crippen molar-refractivity contribution in [2.45, 2.75) is 23.6 Å². The fraction of sp³-hybridized carbons (Fsp3) is 0.235. The van der Waals surface area contributed by atoms with Gasteiger partial charge in [0.2, 0.25) is 0 Å². The Morgan fingerprint density at radius 1 is 1.24 bits per heavy atom. The number of benzene rings is 2.